The van der Waals surface area contributed by atoms with Crippen LogP contribution in [-0.2, 0) is 6.54 Å². The molecule has 20 heavy (non-hydrogen) atoms. The number of thiazole rings is 1. The smallest absolute Gasteiger partial charge is 0.160 e. The average molecular weight is 372 g/mol. The van der Waals surface area contributed by atoms with E-state index in [-0.39, 0.29) is 5.38 Å². The van der Waals surface area contributed by atoms with Crippen LogP contribution in [0.4, 0.5) is 0 Å². The van der Waals surface area contributed by atoms with Gasteiger partial charge in [-0.1, -0.05) is 0 Å². The van der Waals surface area contributed by atoms with Gasteiger partial charge in [0.15, 0.2) is 5.65 Å². The zero-order valence-corrected chi connectivity index (χ0v) is 14.1. The van der Waals surface area contributed by atoms with Gasteiger partial charge in [0.25, 0.3) is 0 Å². The molecule has 7 heteroatoms. The second-order valence-electron chi connectivity index (χ2n) is 4.53. The molecule has 0 aromatic carbocycles. The molecule has 0 N–H and O–H groups in total. The SMILES string of the molecule is Cc1nc(Cn2c(C(C)Cl)nc3cc(Br)cnc32)cs1. The van der Waals surface area contributed by atoms with E-state index in [4.69, 9.17) is 11.6 Å². The van der Waals surface area contributed by atoms with Crippen molar-refractivity contribution in [3.05, 3.63) is 38.6 Å². The van der Waals surface area contributed by atoms with Crippen molar-refractivity contribution in [2.75, 3.05) is 0 Å². The normalized spacial score (nSPS) is 13.0. The number of hydrogen-bond acceptors (Lipinski definition) is 4. The fraction of sp³-hybridized carbons (Fsp3) is 0.308. The Hall–Kier alpha value is -0.980. The molecule has 104 valence electrons. The highest BCUT2D eigenvalue weighted by Crippen LogP contribution is 2.26. The molecule has 0 aliphatic rings. The summed E-state index contributed by atoms with van der Waals surface area (Å²) in [5.41, 5.74) is 2.69. The van der Waals surface area contributed by atoms with Crippen molar-refractivity contribution < 1.29 is 0 Å². The van der Waals surface area contributed by atoms with Crippen molar-refractivity contribution in [1.29, 1.82) is 0 Å². The molecule has 0 aliphatic carbocycles. The second-order valence-corrected chi connectivity index (χ2v) is 7.16. The fourth-order valence-electron chi connectivity index (χ4n) is 2.11. The first-order valence-corrected chi connectivity index (χ1v) is 8.22. The van der Waals surface area contributed by atoms with Crippen LogP contribution in [-0.4, -0.2) is 19.5 Å². The minimum atomic E-state index is -0.178. The predicted molar refractivity (Wildman–Crippen MR) is 85.4 cm³/mol. The van der Waals surface area contributed by atoms with Crippen LogP contribution >= 0.6 is 38.9 Å². The molecule has 4 nitrogen and oxygen atoms in total. The quantitative estimate of drug-likeness (QED) is 0.644. The predicted octanol–water partition coefficient (Wildman–Crippen LogP) is 4.31. The van der Waals surface area contributed by atoms with Crippen molar-refractivity contribution in [3.8, 4) is 0 Å². The number of rotatable bonds is 3. The number of alkyl halides is 1. The van der Waals surface area contributed by atoms with Crippen LogP contribution in [0, 0.1) is 6.92 Å². The molecule has 1 unspecified atom stereocenters. The Labute approximate surface area is 134 Å². The highest BCUT2D eigenvalue weighted by Gasteiger charge is 2.17. The van der Waals surface area contributed by atoms with Crippen LogP contribution in [0.5, 0.6) is 0 Å². The molecular weight excluding hydrogens is 360 g/mol. The van der Waals surface area contributed by atoms with E-state index < -0.39 is 0 Å². The summed E-state index contributed by atoms with van der Waals surface area (Å²) >= 11 is 11.3. The Kier molecular flexibility index (Phi) is 3.79. The first-order chi connectivity index (χ1) is 9.54. The molecule has 1 atom stereocenters. The maximum atomic E-state index is 6.25. The first-order valence-electron chi connectivity index (χ1n) is 6.11. The van der Waals surface area contributed by atoms with Crippen LogP contribution in [0.15, 0.2) is 22.1 Å². The fourth-order valence-corrected chi connectivity index (χ4v) is 3.20. The molecule has 0 saturated heterocycles. The van der Waals surface area contributed by atoms with Gasteiger partial charge in [0, 0.05) is 16.0 Å². The topological polar surface area (TPSA) is 43.6 Å². The lowest BCUT2D eigenvalue weighted by atomic mass is 10.4. The Balaban J connectivity index is 2.13. The molecule has 0 spiro atoms. The first kappa shape index (κ1) is 14.0. The number of aryl methyl sites for hydroxylation is 1. The summed E-state index contributed by atoms with van der Waals surface area (Å²) in [7, 11) is 0. The Morgan fingerprint density at radius 2 is 2.25 bits per heavy atom. The summed E-state index contributed by atoms with van der Waals surface area (Å²) in [6.45, 7) is 4.56. The number of imidazole rings is 1. The van der Waals surface area contributed by atoms with Crippen molar-refractivity contribution in [2.45, 2.75) is 25.8 Å². The lowest BCUT2D eigenvalue weighted by Crippen LogP contribution is -2.06. The molecule has 3 heterocycles. The van der Waals surface area contributed by atoms with Crippen LogP contribution < -0.4 is 0 Å². The second kappa shape index (κ2) is 5.42. The zero-order chi connectivity index (χ0) is 14.3. The van der Waals surface area contributed by atoms with Crippen molar-refractivity contribution in [2.24, 2.45) is 0 Å². The van der Waals surface area contributed by atoms with Gasteiger partial charge in [-0.15, -0.1) is 22.9 Å². The number of pyridine rings is 1. The number of nitrogens with zero attached hydrogens (tertiary/aromatic N) is 4. The van der Waals surface area contributed by atoms with Gasteiger partial charge in [0.2, 0.25) is 0 Å². The summed E-state index contributed by atoms with van der Waals surface area (Å²) in [6, 6.07) is 1.95. The van der Waals surface area contributed by atoms with Gasteiger partial charge in [-0.3, -0.25) is 0 Å². The lowest BCUT2D eigenvalue weighted by Gasteiger charge is -2.08. The van der Waals surface area contributed by atoms with Gasteiger partial charge in [-0.05, 0) is 35.8 Å². The molecule has 0 bridgehead atoms. The summed E-state index contributed by atoms with van der Waals surface area (Å²) in [4.78, 5) is 13.5. The van der Waals surface area contributed by atoms with E-state index >= 15 is 0 Å². The largest absolute Gasteiger partial charge is 0.305 e. The van der Waals surface area contributed by atoms with E-state index in [1.54, 1.807) is 17.5 Å². The molecule has 0 radical (unpaired) electrons. The van der Waals surface area contributed by atoms with Crippen LogP contribution in [0.1, 0.15) is 28.8 Å². The maximum absolute atomic E-state index is 6.25. The third-order valence-electron chi connectivity index (χ3n) is 2.92. The van der Waals surface area contributed by atoms with E-state index in [1.807, 2.05) is 24.5 Å². The minimum absolute atomic E-state index is 0.178. The Morgan fingerprint density at radius 3 is 2.90 bits per heavy atom. The van der Waals surface area contributed by atoms with E-state index in [1.165, 1.54) is 0 Å². The van der Waals surface area contributed by atoms with Gasteiger partial charge < -0.3 is 4.57 Å². The number of hydrogen-bond donors (Lipinski definition) is 0. The Morgan fingerprint density at radius 1 is 1.45 bits per heavy atom. The van der Waals surface area contributed by atoms with E-state index in [9.17, 15) is 0 Å². The molecule has 0 saturated carbocycles. The van der Waals surface area contributed by atoms with Gasteiger partial charge in [0.1, 0.15) is 11.3 Å². The molecule has 0 amide bonds. The standard InChI is InChI=1S/C13H12BrClN4S/c1-7(15)12-18-11-3-9(14)4-16-13(11)19(12)5-10-6-20-8(2)17-10/h3-4,6-7H,5H2,1-2H3. The summed E-state index contributed by atoms with van der Waals surface area (Å²) in [6.07, 6.45) is 1.77. The molecule has 0 fully saturated rings. The van der Waals surface area contributed by atoms with Crippen LogP contribution in [0.2, 0.25) is 0 Å². The maximum Gasteiger partial charge on any atom is 0.160 e. The number of fused-ring (bicyclic) bond motifs is 1. The molecule has 0 aliphatic heterocycles. The third kappa shape index (κ3) is 2.60. The third-order valence-corrected chi connectivity index (χ3v) is 4.37. The van der Waals surface area contributed by atoms with Crippen molar-refractivity contribution in [3.63, 3.8) is 0 Å². The summed E-state index contributed by atoms with van der Waals surface area (Å²) in [5, 5.41) is 2.94. The molecule has 3 rings (SSSR count). The summed E-state index contributed by atoms with van der Waals surface area (Å²) in [5.74, 6) is 0.818. The monoisotopic (exact) mass is 370 g/mol. The molecular formula is C13H12BrClN4S. The van der Waals surface area contributed by atoms with Gasteiger partial charge in [0.05, 0.1) is 22.6 Å². The molecule has 3 aromatic rings. The number of halogens is 2. The molecule has 3 aromatic heterocycles. The van der Waals surface area contributed by atoms with Crippen molar-refractivity contribution >= 4 is 50.0 Å². The summed E-state index contributed by atoms with van der Waals surface area (Å²) < 4.78 is 2.95. The van der Waals surface area contributed by atoms with Gasteiger partial charge in [-0.2, -0.15) is 0 Å². The van der Waals surface area contributed by atoms with Crippen LogP contribution in [0.3, 0.4) is 0 Å². The van der Waals surface area contributed by atoms with E-state index in [0.717, 1.165) is 32.2 Å². The van der Waals surface area contributed by atoms with Crippen molar-refractivity contribution in [1.82, 2.24) is 19.5 Å². The van der Waals surface area contributed by atoms with Gasteiger partial charge in [-0.25, -0.2) is 15.0 Å². The van der Waals surface area contributed by atoms with Gasteiger partial charge >= 0.3 is 0 Å². The van der Waals surface area contributed by atoms with E-state index in [0.29, 0.717) is 6.54 Å². The number of aromatic nitrogens is 4. The highest BCUT2D eigenvalue weighted by atomic mass is 79.9. The van der Waals surface area contributed by atoms with Crippen LogP contribution in [0.25, 0.3) is 11.2 Å². The lowest BCUT2D eigenvalue weighted by molar-refractivity contribution is 0.723. The average Bonchev–Trinajstić information content (AvgIpc) is 2.94. The zero-order valence-electron chi connectivity index (χ0n) is 11.0. The Bertz CT molecular complexity index is 765. The highest BCUT2D eigenvalue weighted by molar-refractivity contribution is 9.10. The minimum Gasteiger partial charge on any atom is -0.305 e. The van der Waals surface area contributed by atoms with E-state index in [2.05, 4.69) is 36.3 Å².